The largest absolute Gasteiger partial charge is 0.416 e. The molecular formula is C18H15F3N4O4. The SMILES string of the molecule is O=C(CCC(=O)Nc1cccc(C(F)(F)F)c1)N/N=C/c1ccc([N+](=O)[O-])cc1. The number of non-ortho nitro benzene ring substituents is 1. The first-order valence-electron chi connectivity index (χ1n) is 8.18. The van der Waals surface area contributed by atoms with Gasteiger partial charge in [0.2, 0.25) is 11.8 Å². The number of rotatable bonds is 7. The minimum absolute atomic E-state index is 0.0265. The molecule has 2 aromatic carbocycles. The summed E-state index contributed by atoms with van der Waals surface area (Å²) in [6, 6.07) is 9.59. The van der Waals surface area contributed by atoms with E-state index in [1.54, 1.807) is 0 Å². The van der Waals surface area contributed by atoms with Crippen molar-refractivity contribution >= 4 is 29.4 Å². The number of alkyl halides is 3. The van der Waals surface area contributed by atoms with E-state index in [9.17, 15) is 32.9 Å². The molecule has 0 aliphatic rings. The predicted molar refractivity (Wildman–Crippen MR) is 98.1 cm³/mol. The molecule has 0 atom stereocenters. The molecule has 2 N–H and O–H groups in total. The van der Waals surface area contributed by atoms with Gasteiger partial charge in [0.15, 0.2) is 0 Å². The van der Waals surface area contributed by atoms with Crippen LogP contribution in [0, 0.1) is 10.1 Å². The van der Waals surface area contributed by atoms with Gasteiger partial charge in [-0.25, -0.2) is 5.43 Å². The van der Waals surface area contributed by atoms with Crippen molar-refractivity contribution in [2.75, 3.05) is 5.32 Å². The summed E-state index contributed by atoms with van der Waals surface area (Å²) in [7, 11) is 0. The second-order valence-corrected chi connectivity index (χ2v) is 5.77. The number of amides is 2. The maximum atomic E-state index is 12.6. The first-order valence-corrected chi connectivity index (χ1v) is 8.18. The van der Waals surface area contributed by atoms with Crippen molar-refractivity contribution in [2.45, 2.75) is 19.0 Å². The molecule has 0 saturated carbocycles. The number of anilines is 1. The average molecular weight is 408 g/mol. The van der Waals surface area contributed by atoms with E-state index in [0.717, 1.165) is 18.2 Å². The predicted octanol–water partition coefficient (Wildman–Crippen LogP) is 3.48. The number of benzene rings is 2. The van der Waals surface area contributed by atoms with Crippen LogP contribution in [0.5, 0.6) is 0 Å². The van der Waals surface area contributed by atoms with E-state index in [2.05, 4.69) is 15.8 Å². The molecule has 2 amide bonds. The lowest BCUT2D eigenvalue weighted by Crippen LogP contribution is -2.20. The Bertz CT molecular complexity index is 927. The Morgan fingerprint density at radius 3 is 2.34 bits per heavy atom. The van der Waals surface area contributed by atoms with Gasteiger partial charge in [0.05, 0.1) is 16.7 Å². The molecule has 152 valence electrons. The number of nitrogens with zero attached hydrogens (tertiary/aromatic N) is 2. The standard InChI is InChI=1S/C18H15F3N4O4/c19-18(20,21)13-2-1-3-14(10-13)23-16(26)8-9-17(27)24-22-11-12-4-6-15(7-5-12)25(28)29/h1-7,10-11H,8-9H2,(H,23,26)(H,24,27)/b22-11+. The molecule has 0 aliphatic carbocycles. The first-order chi connectivity index (χ1) is 13.6. The summed E-state index contributed by atoms with van der Waals surface area (Å²) in [6.07, 6.45) is -3.75. The second-order valence-electron chi connectivity index (χ2n) is 5.77. The van der Waals surface area contributed by atoms with Crippen molar-refractivity contribution in [3.05, 3.63) is 69.8 Å². The highest BCUT2D eigenvalue weighted by atomic mass is 19.4. The van der Waals surface area contributed by atoms with Crippen LogP contribution in [0.3, 0.4) is 0 Å². The van der Waals surface area contributed by atoms with Gasteiger partial charge in [-0.1, -0.05) is 6.07 Å². The number of hydrazone groups is 1. The van der Waals surface area contributed by atoms with Gasteiger partial charge in [-0.05, 0) is 35.9 Å². The van der Waals surface area contributed by atoms with E-state index in [1.165, 1.54) is 36.5 Å². The molecule has 0 aromatic heterocycles. The van der Waals surface area contributed by atoms with Gasteiger partial charge in [-0.15, -0.1) is 0 Å². The lowest BCUT2D eigenvalue weighted by molar-refractivity contribution is -0.384. The van der Waals surface area contributed by atoms with Gasteiger partial charge in [-0.3, -0.25) is 19.7 Å². The molecule has 29 heavy (non-hydrogen) atoms. The number of halogens is 3. The lowest BCUT2D eigenvalue weighted by Gasteiger charge is -2.09. The number of hydrogen-bond donors (Lipinski definition) is 2. The minimum Gasteiger partial charge on any atom is -0.326 e. The normalized spacial score (nSPS) is 11.3. The fourth-order valence-electron chi connectivity index (χ4n) is 2.14. The third-order valence-corrected chi connectivity index (χ3v) is 3.56. The highest BCUT2D eigenvalue weighted by Gasteiger charge is 2.30. The Hall–Kier alpha value is -3.76. The maximum absolute atomic E-state index is 12.6. The van der Waals surface area contributed by atoms with Crippen LogP contribution in [0.15, 0.2) is 53.6 Å². The Labute approximate surface area is 162 Å². The van der Waals surface area contributed by atoms with Crippen LogP contribution in [-0.4, -0.2) is 23.0 Å². The van der Waals surface area contributed by atoms with Gasteiger partial charge >= 0.3 is 6.18 Å². The van der Waals surface area contributed by atoms with Crippen molar-refractivity contribution in [3.8, 4) is 0 Å². The minimum atomic E-state index is -4.53. The summed E-state index contributed by atoms with van der Waals surface area (Å²) in [6.45, 7) is 0. The molecule has 0 unspecified atom stereocenters. The molecule has 2 rings (SSSR count). The zero-order chi connectivity index (χ0) is 21.4. The molecule has 0 radical (unpaired) electrons. The van der Waals surface area contributed by atoms with Crippen LogP contribution in [0.25, 0.3) is 0 Å². The van der Waals surface area contributed by atoms with E-state index < -0.39 is 28.5 Å². The van der Waals surface area contributed by atoms with Crippen molar-refractivity contribution in [1.82, 2.24) is 5.43 Å². The third-order valence-electron chi connectivity index (χ3n) is 3.56. The fraction of sp³-hybridized carbons (Fsp3) is 0.167. The average Bonchev–Trinajstić information content (AvgIpc) is 2.66. The van der Waals surface area contributed by atoms with Gasteiger partial charge in [-0.2, -0.15) is 18.3 Å². The maximum Gasteiger partial charge on any atom is 0.416 e. The van der Waals surface area contributed by atoms with E-state index in [1.807, 2.05) is 0 Å². The highest BCUT2D eigenvalue weighted by molar-refractivity contribution is 5.93. The van der Waals surface area contributed by atoms with Gasteiger partial charge in [0, 0.05) is 30.7 Å². The summed E-state index contributed by atoms with van der Waals surface area (Å²) < 4.78 is 37.9. The number of nitro benzene ring substituents is 1. The summed E-state index contributed by atoms with van der Waals surface area (Å²) in [5.74, 6) is -1.21. The van der Waals surface area contributed by atoms with Gasteiger partial charge < -0.3 is 5.32 Å². The van der Waals surface area contributed by atoms with E-state index >= 15 is 0 Å². The number of hydrogen-bond acceptors (Lipinski definition) is 5. The van der Waals surface area contributed by atoms with Gasteiger partial charge in [0.25, 0.3) is 5.69 Å². The van der Waals surface area contributed by atoms with Crippen LogP contribution in [0.1, 0.15) is 24.0 Å². The smallest absolute Gasteiger partial charge is 0.326 e. The van der Waals surface area contributed by atoms with Crippen molar-refractivity contribution in [3.63, 3.8) is 0 Å². The summed E-state index contributed by atoms with van der Waals surface area (Å²) >= 11 is 0. The van der Waals surface area contributed by atoms with E-state index in [-0.39, 0.29) is 24.2 Å². The van der Waals surface area contributed by atoms with Crippen LogP contribution in [0.4, 0.5) is 24.5 Å². The topological polar surface area (TPSA) is 114 Å². The van der Waals surface area contributed by atoms with Crippen LogP contribution < -0.4 is 10.7 Å². The molecule has 0 heterocycles. The molecule has 0 aliphatic heterocycles. The van der Waals surface area contributed by atoms with E-state index in [4.69, 9.17) is 0 Å². The first kappa shape index (κ1) is 21.5. The summed E-state index contributed by atoms with van der Waals surface area (Å²) in [5, 5.41) is 16.5. The monoisotopic (exact) mass is 408 g/mol. The third kappa shape index (κ3) is 7.05. The molecule has 11 heteroatoms. The van der Waals surface area contributed by atoms with E-state index in [0.29, 0.717) is 5.56 Å². The Morgan fingerprint density at radius 2 is 1.72 bits per heavy atom. The van der Waals surface area contributed by atoms with Gasteiger partial charge in [0.1, 0.15) is 0 Å². The zero-order valence-corrected chi connectivity index (χ0v) is 14.8. The number of nitrogens with one attached hydrogen (secondary N) is 2. The number of nitro groups is 1. The molecule has 2 aromatic rings. The molecule has 0 bridgehead atoms. The Balaban J connectivity index is 1.78. The Morgan fingerprint density at radius 1 is 1.07 bits per heavy atom. The summed E-state index contributed by atoms with van der Waals surface area (Å²) in [4.78, 5) is 33.5. The van der Waals surface area contributed by atoms with Crippen molar-refractivity contribution in [2.24, 2.45) is 5.10 Å². The van der Waals surface area contributed by atoms with Crippen molar-refractivity contribution < 1.29 is 27.7 Å². The molecule has 0 saturated heterocycles. The number of carbonyl (C=O) groups excluding carboxylic acids is 2. The lowest BCUT2D eigenvalue weighted by atomic mass is 10.2. The summed E-state index contributed by atoms with van der Waals surface area (Å²) in [5.41, 5.74) is 1.69. The van der Waals surface area contributed by atoms with Crippen LogP contribution in [-0.2, 0) is 15.8 Å². The van der Waals surface area contributed by atoms with Crippen molar-refractivity contribution in [1.29, 1.82) is 0 Å². The fourth-order valence-corrected chi connectivity index (χ4v) is 2.14. The quantitative estimate of drug-likeness (QED) is 0.415. The second kappa shape index (κ2) is 9.44. The number of carbonyl (C=O) groups is 2. The zero-order valence-electron chi connectivity index (χ0n) is 14.8. The van der Waals surface area contributed by atoms with Crippen LogP contribution >= 0.6 is 0 Å². The van der Waals surface area contributed by atoms with Crippen LogP contribution in [0.2, 0.25) is 0 Å². The highest BCUT2D eigenvalue weighted by Crippen LogP contribution is 2.30. The molecule has 8 nitrogen and oxygen atoms in total. The molecule has 0 fully saturated rings. The molecule has 0 spiro atoms. The Kier molecular flexibility index (Phi) is 7.01. The molecular weight excluding hydrogens is 393 g/mol.